The fraction of sp³-hybridized carbons (Fsp3) is 0.533. The Hall–Kier alpha value is -0.670. The molecule has 0 aliphatic rings. The lowest BCUT2D eigenvalue weighted by Gasteiger charge is -2.23. The second-order valence-electron chi connectivity index (χ2n) is 4.77. The topological polar surface area (TPSA) is 20.3 Å². The second kappa shape index (κ2) is 7.70. The number of halogens is 1. The van der Waals surface area contributed by atoms with Crippen molar-refractivity contribution in [1.82, 2.24) is 4.90 Å². The highest BCUT2D eigenvalue weighted by Crippen LogP contribution is 2.17. The molecule has 18 heavy (non-hydrogen) atoms. The summed E-state index contributed by atoms with van der Waals surface area (Å²) < 4.78 is 0.888. The van der Waals surface area contributed by atoms with Gasteiger partial charge in [0.1, 0.15) is 0 Å². The fourth-order valence-corrected chi connectivity index (χ4v) is 2.46. The first-order chi connectivity index (χ1) is 8.56. The molecule has 0 bridgehead atoms. The minimum absolute atomic E-state index is 0.207. The van der Waals surface area contributed by atoms with Crippen LogP contribution in [0.2, 0.25) is 0 Å². The molecule has 0 radical (unpaired) electrons. The first-order valence-corrected chi connectivity index (χ1v) is 7.33. The molecule has 0 saturated heterocycles. The number of benzene rings is 1. The summed E-state index contributed by atoms with van der Waals surface area (Å²) in [6, 6.07) is 8.16. The highest BCUT2D eigenvalue weighted by atomic mass is 79.9. The first kappa shape index (κ1) is 15.4. The second-order valence-corrected chi connectivity index (χ2v) is 5.63. The lowest BCUT2D eigenvalue weighted by atomic mass is 10.1. The highest BCUT2D eigenvalue weighted by molar-refractivity contribution is 9.10. The van der Waals surface area contributed by atoms with E-state index in [1.165, 1.54) is 12.8 Å². The zero-order chi connectivity index (χ0) is 13.5. The highest BCUT2D eigenvalue weighted by Gasteiger charge is 2.13. The molecule has 1 atom stereocenters. The van der Waals surface area contributed by atoms with Gasteiger partial charge in [-0.05, 0) is 26.5 Å². The summed E-state index contributed by atoms with van der Waals surface area (Å²) in [6.45, 7) is 5.23. The van der Waals surface area contributed by atoms with Crippen LogP contribution in [0.3, 0.4) is 0 Å². The molecule has 2 nitrogen and oxygen atoms in total. The summed E-state index contributed by atoms with van der Waals surface area (Å²) >= 11 is 3.42. The number of hydrogen-bond acceptors (Lipinski definition) is 2. The Morgan fingerprint density at radius 3 is 2.67 bits per heavy atom. The molecule has 3 heteroatoms. The Morgan fingerprint density at radius 1 is 1.39 bits per heavy atom. The molecule has 0 amide bonds. The largest absolute Gasteiger partial charge is 0.303 e. The van der Waals surface area contributed by atoms with E-state index in [-0.39, 0.29) is 5.78 Å². The maximum atomic E-state index is 12.1. The third-order valence-corrected chi connectivity index (χ3v) is 4.02. The maximum absolute atomic E-state index is 12.1. The molecule has 0 aliphatic heterocycles. The predicted molar refractivity (Wildman–Crippen MR) is 80.1 cm³/mol. The van der Waals surface area contributed by atoms with Crippen LogP contribution in [0, 0.1) is 0 Å². The maximum Gasteiger partial charge on any atom is 0.165 e. The van der Waals surface area contributed by atoms with Crippen LogP contribution in [0.1, 0.15) is 43.5 Å². The van der Waals surface area contributed by atoms with E-state index in [0.717, 1.165) is 16.6 Å². The molecule has 100 valence electrons. The number of carbonyl (C=O) groups excluding carboxylic acids is 1. The van der Waals surface area contributed by atoms with Crippen LogP contribution in [0.4, 0.5) is 0 Å². The van der Waals surface area contributed by atoms with Gasteiger partial charge in [0, 0.05) is 29.0 Å². The summed E-state index contributed by atoms with van der Waals surface area (Å²) in [7, 11) is 2.09. The van der Waals surface area contributed by atoms with Crippen molar-refractivity contribution in [3.63, 3.8) is 0 Å². The quantitative estimate of drug-likeness (QED) is 0.705. The lowest BCUT2D eigenvalue weighted by molar-refractivity contribution is 0.0960. The minimum atomic E-state index is 0.207. The Morgan fingerprint density at radius 2 is 2.06 bits per heavy atom. The third kappa shape index (κ3) is 4.54. The molecule has 0 aliphatic carbocycles. The van der Waals surface area contributed by atoms with Gasteiger partial charge in [0.2, 0.25) is 0 Å². The van der Waals surface area contributed by atoms with Gasteiger partial charge in [-0.1, -0.05) is 47.5 Å². The Bertz CT molecular complexity index is 392. The molecule has 1 unspecified atom stereocenters. The summed E-state index contributed by atoms with van der Waals surface area (Å²) in [5, 5.41) is 0. The van der Waals surface area contributed by atoms with Gasteiger partial charge in [-0.2, -0.15) is 0 Å². The smallest absolute Gasteiger partial charge is 0.165 e. The van der Waals surface area contributed by atoms with Gasteiger partial charge in [-0.3, -0.25) is 4.79 Å². The van der Waals surface area contributed by atoms with Crippen molar-refractivity contribution < 1.29 is 4.79 Å². The van der Waals surface area contributed by atoms with Crippen molar-refractivity contribution in [3.8, 4) is 0 Å². The average Bonchev–Trinajstić information content (AvgIpc) is 2.36. The lowest BCUT2D eigenvalue weighted by Crippen LogP contribution is -2.31. The molecule has 0 heterocycles. The number of nitrogens with zero attached hydrogens (tertiary/aromatic N) is 1. The van der Waals surface area contributed by atoms with E-state index >= 15 is 0 Å². The Labute approximate surface area is 119 Å². The number of hydrogen-bond donors (Lipinski definition) is 0. The van der Waals surface area contributed by atoms with E-state index in [1.807, 2.05) is 24.3 Å². The molecular formula is C15H22BrNO. The van der Waals surface area contributed by atoms with Crippen LogP contribution >= 0.6 is 15.9 Å². The van der Waals surface area contributed by atoms with Gasteiger partial charge < -0.3 is 4.90 Å². The van der Waals surface area contributed by atoms with Crippen molar-refractivity contribution in [2.45, 2.75) is 39.2 Å². The van der Waals surface area contributed by atoms with E-state index in [2.05, 4.69) is 41.7 Å². The van der Waals surface area contributed by atoms with Gasteiger partial charge in [0.05, 0.1) is 0 Å². The van der Waals surface area contributed by atoms with Gasteiger partial charge in [0.15, 0.2) is 5.78 Å². The molecule has 1 aromatic carbocycles. The van der Waals surface area contributed by atoms with Gasteiger partial charge in [-0.25, -0.2) is 0 Å². The zero-order valence-electron chi connectivity index (χ0n) is 11.4. The number of carbonyl (C=O) groups is 1. The molecule has 0 aromatic heterocycles. The molecule has 0 fully saturated rings. The SMILES string of the molecule is CCCC(C)N(C)CCC(=O)c1ccccc1Br. The number of Topliss-reactive ketones (excluding diaryl/α,β-unsaturated/α-hetero) is 1. The number of rotatable bonds is 7. The minimum Gasteiger partial charge on any atom is -0.303 e. The molecule has 1 aromatic rings. The van der Waals surface area contributed by atoms with Crippen LogP contribution in [0.15, 0.2) is 28.7 Å². The standard InChI is InChI=1S/C15H22BrNO/c1-4-7-12(2)17(3)11-10-15(18)13-8-5-6-9-14(13)16/h5-6,8-9,12H,4,7,10-11H2,1-3H3. The van der Waals surface area contributed by atoms with Gasteiger partial charge in [-0.15, -0.1) is 0 Å². The van der Waals surface area contributed by atoms with E-state index < -0.39 is 0 Å². The fourth-order valence-electron chi connectivity index (χ4n) is 1.96. The monoisotopic (exact) mass is 311 g/mol. The summed E-state index contributed by atoms with van der Waals surface area (Å²) in [5.41, 5.74) is 0.786. The van der Waals surface area contributed by atoms with Crippen molar-refractivity contribution in [1.29, 1.82) is 0 Å². The normalized spacial score (nSPS) is 12.7. The average molecular weight is 312 g/mol. The van der Waals surface area contributed by atoms with Crippen LogP contribution in [0.5, 0.6) is 0 Å². The molecule has 0 saturated carbocycles. The summed E-state index contributed by atoms with van der Waals surface area (Å²) in [6.07, 6.45) is 2.94. The Kier molecular flexibility index (Phi) is 6.58. The summed E-state index contributed by atoms with van der Waals surface area (Å²) in [4.78, 5) is 14.4. The number of ketones is 1. The molecule has 0 N–H and O–H groups in total. The summed E-state index contributed by atoms with van der Waals surface area (Å²) in [5.74, 6) is 0.207. The van der Waals surface area contributed by atoms with Crippen molar-refractivity contribution in [3.05, 3.63) is 34.3 Å². The van der Waals surface area contributed by atoms with Crippen molar-refractivity contribution in [2.24, 2.45) is 0 Å². The van der Waals surface area contributed by atoms with Crippen LogP contribution in [0.25, 0.3) is 0 Å². The predicted octanol–water partition coefficient (Wildman–Crippen LogP) is 4.14. The van der Waals surface area contributed by atoms with E-state index in [1.54, 1.807) is 0 Å². The van der Waals surface area contributed by atoms with Gasteiger partial charge in [0.25, 0.3) is 0 Å². The molecule has 0 spiro atoms. The Balaban J connectivity index is 2.49. The zero-order valence-corrected chi connectivity index (χ0v) is 13.0. The van der Waals surface area contributed by atoms with Crippen LogP contribution < -0.4 is 0 Å². The molecular weight excluding hydrogens is 290 g/mol. The van der Waals surface area contributed by atoms with Gasteiger partial charge >= 0.3 is 0 Å². The third-order valence-electron chi connectivity index (χ3n) is 3.32. The van der Waals surface area contributed by atoms with Crippen LogP contribution in [-0.2, 0) is 0 Å². The van der Waals surface area contributed by atoms with E-state index in [4.69, 9.17) is 0 Å². The van der Waals surface area contributed by atoms with Crippen LogP contribution in [-0.4, -0.2) is 30.3 Å². The first-order valence-electron chi connectivity index (χ1n) is 6.54. The van der Waals surface area contributed by atoms with Crippen molar-refractivity contribution >= 4 is 21.7 Å². The molecule has 1 rings (SSSR count). The van der Waals surface area contributed by atoms with E-state index in [0.29, 0.717) is 12.5 Å². The van der Waals surface area contributed by atoms with E-state index in [9.17, 15) is 4.79 Å². The van der Waals surface area contributed by atoms with Crippen molar-refractivity contribution in [2.75, 3.05) is 13.6 Å².